The molecular weight excluding hydrogens is 335 g/mol. The fourth-order valence-corrected chi connectivity index (χ4v) is 1.99. The van der Waals surface area contributed by atoms with Crippen molar-refractivity contribution in [2.45, 2.75) is 12.8 Å². The van der Waals surface area contributed by atoms with Crippen molar-refractivity contribution in [1.82, 2.24) is 0 Å². The third-order valence-electron chi connectivity index (χ3n) is 3.18. The molecule has 0 aliphatic carbocycles. The topological polar surface area (TPSA) is 35.5 Å². The van der Waals surface area contributed by atoms with Gasteiger partial charge in [-0.2, -0.15) is 8.78 Å². The third kappa shape index (κ3) is 3.47. The van der Waals surface area contributed by atoms with Crippen LogP contribution in [0.1, 0.15) is 12.0 Å². The molecule has 0 amide bonds. The molecule has 0 spiro atoms. The Balaban J connectivity index is 2.14. The first-order chi connectivity index (χ1) is 11.4. The van der Waals surface area contributed by atoms with Crippen LogP contribution in [0.15, 0.2) is 24.3 Å². The Hall–Kier alpha value is -2.64. The largest absolute Gasteiger partial charge is 0.496 e. The summed E-state index contributed by atoms with van der Waals surface area (Å²) in [6, 6.07) is 6.69. The molecule has 0 atom stereocenters. The van der Waals surface area contributed by atoms with E-state index in [2.05, 4.69) is 4.74 Å². The molecule has 2 aromatic rings. The number of hydrogen-bond acceptors (Lipinski definition) is 3. The van der Waals surface area contributed by atoms with Crippen LogP contribution in [0.25, 0.3) is 0 Å². The minimum atomic E-state index is -2.32. The summed E-state index contributed by atoms with van der Waals surface area (Å²) in [6.45, 7) is 0. The summed E-state index contributed by atoms with van der Waals surface area (Å²) in [7, 11) is 1.42. The van der Waals surface area contributed by atoms with Gasteiger partial charge in [-0.3, -0.25) is 4.79 Å². The molecule has 0 unspecified atom stereocenters. The minimum absolute atomic E-state index is 0.0955. The lowest BCUT2D eigenvalue weighted by atomic mass is 10.1. The van der Waals surface area contributed by atoms with Gasteiger partial charge in [0.15, 0.2) is 0 Å². The molecule has 0 aromatic heterocycles. The second kappa shape index (κ2) is 7.29. The molecule has 8 heteroatoms. The van der Waals surface area contributed by atoms with Crippen molar-refractivity contribution in [3.63, 3.8) is 0 Å². The number of esters is 1. The van der Waals surface area contributed by atoms with Gasteiger partial charge >= 0.3 is 5.97 Å². The molecule has 24 heavy (non-hydrogen) atoms. The number of benzene rings is 2. The number of carbonyl (C=O) groups excluding carboxylic acids is 1. The van der Waals surface area contributed by atoms with Crippen molar-refractivity contribution >= 4 is 5.97 Å². The average Bonchev–Trinajstić information content (AvgIpc) is 2.60. The Labute approximate surface area is 133 Å². The maximum absolute atomic E-state index is 13.4. The van der Waals surface area contributed by atoms with E-state index in [4.69, 9.17) is 4.74 Å². The number of hydrogen-bond donors (Lipinski definition) is 0. The van der Waals surface area contributed by atoms with E-state index in [1.807, 2.05) is 0 Å². The normalized spacial score (nSPS) is 10.6. The first kappa shape index (κ1) is 17.7. The number of ether oxygens (including phenoxy) is 2. The number of methoxy groups -OCH3 is 1. The van der Waals surface area contributed by atoms with Crippen LogP contribution in [0.3, 0.4) is 0 Å². The molecule has 0 fully saturated rings. The highest BCUT2D eigenvalue weighted by Crippen LogP contribution is 2.29. The Morgan fingerprint density at radius 3 is 2.04 bits per heavy atom. The second-order valence-electron chi connectivity index (χ2n) is 4.68. The first-order valence-corrected chi connectivity index (χ1v) is 6.70. The summed E-state index contributed by atoms with van der Waals surface area (Å²) in [4.78, 5) is 11.7. The van der Waals surface area contributed by atoms with Crippen LogP contribution in [0, 0.1) is 29.1 Å². The predicted molar refractivity (Wildman–Crippen MR) is 73.2 cm³/mol. The van der Waals surface area contributed by atoms with E-state index >= 15 is 0 Å². The van der Waals surface area contributed by atoms with E-state index in [0.29, 0.717) is 11.3 Å². The Kier molecular flexibility index (Phi) is 5.38. The monoisotopic (exact) mass is 346 g/mol. The molecule has 0 heterocycles. The summed E-state index contributed by atoms with van der Waals surface area (Å²) in [5.41, 5.74) is 0.620. The van der Waals surface area contributed by atoms with Crippen molar-refractivity contribution < 1.29 is 36.2 Å². The molecule has 0 saturated heterocycles. The summed E-state index contributed by atoms with van der Waals surface area (Å²) >= 11 is 0. The van der Waals surface area contributed by atoms with Crippen molar-refractivity contribution in [2.24, 2.45) is 0 Å². The first-order valence-electron chi connectivity index (χ1n) is 6.70. The lowest BCUT2D eigenvalue weighted by Crippen LogP contribution is -2.14. The zero-order chi connectivity index (χ0) is 17.9. The molecule has 2 aromatic carbocycles. The Morgan fingerprint density at radius 2 is 1.46 bits per heavy atom. The van der Waals surface area contributed by atoms with Crippen molar-refractivity contribution in [2.75, 3.05) is 7.11 Å². The van der Waals surface area contributed by atoms with Gasteiger partial charge in [-0.05, 0) is 18.1 Å². The van der Waals surface area contributed by atoms with E-state index in [-0.39, 0.29) is 12.8 Å². The maximum atomic E-state index is 13.4. The van der Waals surface area contributed by atoms with Gasteiger partial charge in [0, 0.05) is 0 Å². The van der Waals surface area contributed by atoms with Crippen LogP contribution >= 0.6 is 0 Å². The quantitative estimate of drug-likeness (QED) is 0.271. The van der Waals surface area contributed by atoms with Crippen LogP contribution in [0.5, 0.6) is 11.5 Å². The lowest BCUT2D eigenvalue weighted by molar-refractivity contribution is -0.134. The average molecular weight is 346 g/mol. The van der Waals surface area contributed by atoms with Gasteiger partial charge in [0.25, 0.3) is 0 Å². The van der Waals surface area contributed by atoms with E-state index < -0.39 is 40.8 Å². The van der Waals surface area contributed by atoms with Crippen LogP contribution < -0.4 is 9.47 Å². The van der Waals surface area contributed by atoms with Gasteiger partial charge in [-0.15, -0.1) is 0 Å². The van der Waals surface area contributed by atoms with E-state index in [1.165, 1.54) is 7.11 Å². The highest BCUT2D eigenvalue weighted by Gasteiger charge is 2.28. The lowest BCUT2D eigenvalue weighted by Gasteiger charge is -2.10. The molecular formula is C16H11F5O3. The molecule has 2 rings (SSSR count). The van der Waals surface area contributed by atoms with Crippen molar-refractivity contribution in [1.29, 1.82) is 0 Å². The standard InChI is InChI=1S/C16H11F5O3/c1-23-9-5-3-2-4-8(9)6-7-10(22)24-16-14(20)12(18)11(17)13(19)15(16)21/h2-5H,6-7H2,1H3. The smallest absolute Gasteiger partial charge is 0.311 e. The number of para-hydroxylation sites is 1. The molecule has 0 bridgehead atoms. The maximum Gasteiger partial charge on any atom is 0.311 e. The van der Waals surface area contributed by atoms with E-state index in [1.54, 1.807) is 24.3 Å². The molecule has 3 nitrogen and oxygen atoms in total. The summed E-state index contributed by atoms with van der Waals surface area (Å²) in [5, 5.41) is 0. The van der Waals surface area contributed by atoms with Crippen molar-refractivity contribution in [3.05, 3.63) is 58.9 Å². The van der Waals surface area contributed by atoms with Gasteiger partial charge in [-0.1, -0.05) is 18.2 Å². The number of halogens is 5. The third-order valence-corrected chi connectivity index (χ3v) is 3.18. The SMILES string of the molecule is COc1ccccc1CCC(=O)Oc1c(F)c(F)c(F)c(F)c1F. The van der Waals surface area contributed by atoms with Crippen LogP contribution in [0.4, 0.5) is 22.0 Å². The minimum Gasteiger partial charge on any atom is -0.496 e. The number of rotatable bonds is 5. The summed E-state index contributed by atoms with van der Waals surface area (Å²) in [6.07, 6.45) is -0.252. The van der Waals surface area contributed by atoms with Crippen LogP contribution in [-0.2, 0) is 11.2 Å². The van der Waals surface area contributed by atoms with Gasteiger partial charge in [0.05, 0.1) is 13.5 Å². The van der Waals surface area contributed by atoms with Gasteiger partial charge < -0.3 is 9.47 Å². The zero-order valence-electron chi connectivity index (χ0n) is 12.3. The zero-order valence-corrected chi connectivity index (χ0v) is 12.3. The van der Waals surface area contributed by atoms with Gasteiger partial charge in [0.2, 0.25) is 34.8 Å². The van der Waals surface area contributed by atoms with E-state index in [9.17, 15) is 26.7 Å². The predicted octanol–water partition coefficient (Wildman–Crippen LogP) is 3.93. The fourth-order valence-electron chi connectivity index (χ4n) is 1.99. The van der Waals surface area contributed by atoms with E-state index in [0.717, 1.165) is 0 Å². The van der Waals surface area contributed by atoms with Gasteiger partial charge in [0.1, 0.15) is 5.75 Å². The summed E-state index contributed by atoms with van der Waals surface area (Å²) in [5.74, 6) is -13.3. The molecule has 0 aliphatic heterocycles. The van der Waals surface area contributed by atoms with Crippen molar-refractivity contribution in [3.8, 4) is 11.5 Å². The second-order valence-corrected chi connectivity index (χ2v) is 4.68. The highest BCUT2D eigenvalue weighted by molar-refractivity contribution is 5.73. The fraction of sp³-hybridized carbons (Fsp3) is 0.188. The van der Waals surface area contributed by atoms with Gasteiger partial charge in [-0.25, -0.2) is 13.2 Å². The number of carbonyl (C=O) groups is 1. The van der Waals surface area contributed by atoms with Crippen LogP contribution in [0.2, 0.25) is 0 Å². The Morgan fingerprint density at radius 1 is 0.917 bits per heavy atom. The molecule has 0 radical (unpaired) electrons. The number of aryl methyl sites for hydroxylation is 1. The highest BCUT2D eigenvalue weighted by atomic mass is 19.2. The Bertz CT molecular complexity index is 748. The van der Waals surface area contributed by atoms with Crippen LogP contribution in [-0.4, -0.2) is 13.1 Å². The summed E-state index contributed by atoms with van der Waals surface area (Å²) < 4.78 is 75.2. The molecule has 128 valence electrons. The molecule has 0 saturated carbocycles. The molecule has 0 aliphatic rings. The molecule has 0 N–H and O–H groups in total.